The molecule has 0 aliphatic carbocycles. The third-order valence-electron chi connectivity index (χ3n) is 4.83. The summed E-state index contributed by atoms with van der Waals surface area (Å²) in [5.41, 5.74) is 5.66. The molecule has 0 saturated carbocycles. The van der Waals surface area contributed by atoms with Crippen LogP contribution < -0.4 is 14.9 Å². The molecule has 174 valence electrons. The Morgan fingerprint density at radius 2 is 1.91 bits per heavy atom. The summed E-state index contributed by atoms with van der Waals surface area (Å²) in [4.78, 5) is 12.1. The lowest BCUT2D eigenvalue weighted by atomic mass is 10.1. The monoisotopic (exact) mass is 508 g/mol. The van der Waals surface area contributed by atoms with Crippen LogP contribution in [-0.4, -0.2) is 29.0 Å². The van der Waals surface area contributed by atoms with Crippen LogP contribution >= 0.6 is 34.8 Å². The Bertz CT molecular complexity index is 1180. The summed E-state index contributed by atoms with van der Waals surface area (Å²) in [5.74, 6) is 0.938. The third-order valence-corrected chi connectivity index (χ3v) is 5.91. The van der Waals surface area contributed by atoms with Crippen molar-refractivity contribution in [2.45, 2.75) is 33.4 Å². The van der Waals surface area contributed by atoms with E-state index in [1.807, 2.05) is 26.0 Å². The molecule has 0 bridgehead atoms. The van der Waals surface area contributed by atoms with E-state index in [1.165, 1.54) is 0 Å². The van der Waals surface area contributed by atoms with Crippen molar-refractivity contribution in [1.29, 1.82) is 0 Å². The van der Waals surface area contributed by atoms with E-state index in [-0.39, 0.29) is 18.9 Å². The maximum absolute atomic E-state index is 12.1. The first-order chi connectivity index (χ1) is 15.8. The number of hydrazone groups is 1. The van der Waals surface area contributed by atoms with Crippen LogP contribution in [0.2, 0.25) is 15.1 Å². The molecule has 0 atom stereocenters. The van der Waals surface area contributed by atoms with Gasteiger partial charge in [0.15, 0.2) is 0 Å². The second kappa shape index (κ2) is 11.4. The van der Waals surface area contributed by atoms with Gasteiger partial charge < -0.3 is 9.47 Å². The number of hydrogen-bond donors (Lipinski definition) is 1. The molecule has 0 unspecified atom stereocenters. The number of nitrogens with one attached hydrogen (secondary N) is 1. The first-order valence-corrected chi connectivity index (χ1v) is 11.2. The fourth-order valence-electron chi connectivity index (χ4n) is 3.07. The highest BCUT2D eigenvalue weighted by Crippen LogP contribution is 2.29. The van der Waals surface area contributed by atoms with Gasteiger partial charge in [-0.15, -0.1) is 0 Å². The number of aromatic nitrogens is 2. The Morgan fingerprint density at radius 1 is 1.15 bits per heavy atom. The van der Waals surface area contributed by atoms with Crippen molar-refractivity contribution in [2.24, 2.45) is 5.10 Å². The first-order valence-electron chi connectivity index (χ1n) is 10.0. The number of methoxy groups -OCH3 is 1. The van der Waals surface area contributed by atoms with Crippen molar-refractivity contribution >= 4 is 46.9 Å². The largest absolute Gasteiger partial charge is 0.496 e. The number of benzene rings is 2. The van der Waals surface area contributed by atoms with Crippen LogP contribution in [0.3, 0.4) is 0 Å². The van der Waals surface area contributed by atoms with Gasteiger partial charge in [0.1, 0.15) is 18.1 Å². The van der Waals surface area contributed by atoms with Gasteiger partial charge in [-0.3, -0.25) is 9.48 Å². The summed E-state index contributed by atoms with van der Waals surface area (Å²) in [6.45, 7) is 4.33. The quantitative estimate of drug-likeness (QED) is 0.301. The third kappa shape index (κ3) is 6.63. The van der Waals surface area contributed by atoms with E-state index in [4.69, 9.17) is 44.3 Å². The Morgan fingerprint density at radius 3 is 2.58 bits per heavy atom. The Kier molecular flexibility index (Phi) is 8.61. The fraction of sp³-hybridized carbons (Fsp3) is 0.261. The van der Waals surface area contributed by atoms with E-state index in [0.717, 1.165) is 22.5 Å². The van der Waals surface area contributed by atoms with Crippen LogP contribution in [-0.2, 0) is 17.9 Å². The fourth-order valence-corrected chi connectivity index (χ4v) is 3.67. The van der Waals surface area contributed by atoms with Gasteiger partial charge in [-0.1, -0.05) is 34.8 Å². The highest BCUT2D eigenvalue weighted by Gasteiger charge is 2.11. The zero-order valence-corrected chi connectivity index (χ0v) is 20.6. The minimum absolute atomic E-state index is 0.221. The van der Waals surface area contributed by atoms with Crippen molar-refractivity contribution in [3.63, 3.8) is 0 Å². The highest BCUT2D eigenvalue weighted by atomic mass is 35.5. The van der Waals surface area contributed by atoms with Crippen molar-refractivity contribution in [3.05, 3.63) is 74.0 Å². The van der Waals surface area contributed by atoms with Gasteiger partial charge in [0, 0.05) is 17.0 Å². The van der Waals surface area contributed by atoms with Gasteiger partial charge in [-0.05, 0) is 55.8 Å². The zero-order chi connectivity index (χ0) is 24.0. The molecule has 0 aliphatic heterocycles. The summed E-state index contributed by atoms with van der Waals surface area (Å²) in [6.07, 6.45) is 1.77. The summed E-state index contributed by atoms with van der Waals surface area (Å²) in [6, 6.07) is 10.5. The second-order valence-electron chi connectivity index (χ2n) is 7.19. The second-order valence-corrected chi connectivity index (χ2v) is 8.41. The van der Waals surface area contributed by atoms with Crippen LogP contribution in [0.25, 0.3) is 0 Å². The lowest BCUT2D eigenvalue weighted by molar-refractivity contribution is -0.121. The van der Waals surface area contributed by atoms with Crippen LogP contribution in [0.4, 0.5) is 0 Å². The van der Waals surface area contributed by atoms with Crippen molar-refractivity contribution < 1.29 is 14.3 Å². The molecule has 1 aromatic heterocycles. The molecule has 1 heterocycles. The number of ether oxygens (including phenoxy) is 2. The number of nitrogens with zero attached hydrogens (tertiary/aromatic N) is 3. The summed E-state index contributed by atoms with van der Waals surface area (Å²) < 4.78 is 12.9. The standard InChI is InChI=1S/C23H23Cl3N4O3/c1-14-23(26)15(2)30(29-14)9-8-22(31)28-27-12-16-4-6-20(32-3)17(10-16)13-33-21-7-5-18(24)11-19(21)25/h4-7,10-12H,8-9,13H2,1-3H3,(H,28,31)/b27-12-. The van der Waals surface area contributed by atoms with Crippen molar-refractivity contribution in [1.82, 2.24) is 15.2 Å². The SMILES string of the molecule is COc1ccc(/C=N\NC(=O)CCn2nc(C)c(Cl)c2C)cc1COc1ccc(Cl)cc1Cl. The molecule has 0 fully saturated rings. The van der Waals surface area contributed by atoms with Gasteiger partial charge in [-0.25, -0.2) is 5.43 Å². The van der Waals surface area contributed by atoms with Crippen LogP contribution in [0.5, 0.6) is 11.5 Å². The molecule has 3 rings (SSSR count). The van der Waals surface area contributed by atoms with Crippen LogP contribution in [0, 0.1) is 13.8 Å². The molecule has 0 radical (unpaired) electrons. The van der Waals surface area contributed by atoms with Gasteiger partial charge in [0.25, 0.3) is 0 Å². The molecule has 1 N–H and O–H groups in total. The maximum atomic E-state index is 12.1. The average molecular weight is 510 g/mol. The summed E-state index contributed by atoms with van der Waals surface area (Å²) in [7, 11) is 1.58. The molecule has 2 aromatic carbocycles. The smallest absolute Gasteiger partial charge is 0.241 e. The number of hydrogen-bond acceptors (Lipinski definition) is 5. The van der Waals surface area contributed by atoms with E-state index in [0.29, 0.717) is 33.1 Å². The predicted octanol–water partition coefficient (Wildman–Crippen LogP) is 5.59. The molecule has 7 nitrogen and oxygen atoms in total. The number of carbonyl (C=O) groups is 1. The van der Waals surface area contributed by atoms with E-state index in [9.17, 15) is 4.79 Å². The summed E-state index contributed by atoms with van der Waals surface area (Å²) >= 11 is 18.2. The van der Waals surface area contributed by atoms with Gasteiger partial charge in [0.05, 0.1) is 41.3 Å². The molecule has 0 aliphatic rings. The van der Waals surface area contributed by atoms with E-state index < -0.39 is 0 Å². The van der Waals surface area contributed by atoms with Crippen LogP contribution in [0.15, 0.2) is 41.5 Å². The number of amides is 1. The normalized spacial score (nSPS) is 11.1. The van der Waals surface area contributed by atoms with Crippen molar-refractivity contribution in [2.75, 3.05) is 7.11 Å². The van der Waals surface area contributed by atoms with E-state index in [2.05, 4.69) is 15.6 Å². The molecule has 1 amide bonds. The molecular formula is C23H23Cl3N4O3. The molecule has 3 aromatic rings. The Balaban J connectivity index is 1.58. The number of halogens is 3. The Hall–Kier alpha value is -2.74. The Labute approximate surface area is 207 Å². The van der Waals surface area contributed by atoms with Crippen LogP contribution in [0.1, 0.15) is 28.9 Å². The zero-order valence-electron chi connectivity index (χ0n) is 18.4. The van der Waals surface area contributed by atoms with E-state index >= 15 is 0 Å². The molecule has 33 heavy (non-hydrogen) atoms. The number of rotatable bonds is 9. The average Bonchev–Trinajstić information content (AvgIpc) is 3.04. The lowest BCUT2D eigenvalue weighted by Gasteiger charge is -2.12. The van der Waals surface area contributed by atoms with Gasteiger partial charge in [0.2, 0.25) is 5.91 Å². The molecule has 0 spiro atoms. The summed E-state index contributed by atoms with van der Waals surface area (Å²) in [5, 5.41) is 9.92. The van der Waals surface area contributed by atoms with Gasteiger partial charge in [-0.2, -0.15) is 10.2 Å². The number of carbonyl (C=O) groups excluding carboxylic acids is 1. The predicted molar refractivity (Wildman–Crippen MR) is 131 cm³/mol. The minimum atomic E-state index is -0.232. The van der Waals surface area contributed by atoms with Gasteiger partial charge >= 0.3 is 0 Å². The van der Waals surface area contributed by atoms with Crippen molar-refractivity contribution in [3.8, 4) is 11.5 Å². The topological polar surface area (TPSA) is 77.7 Å². The molecule has 10 heteroatoms. The molecular weight excluding hydrogens is 487 g/mol. The molecule has 0 saturated heterocycles. The number of aryl methyl sites for hydroxylation is 2. The highest BCUT2D eigenvalue weighted by molar-refractivity contribution is 6.35. The first kappa shape index (κ1) is 24.9. The minimum Gasteiger partial charge on any atom is -0.496 e. The van der Waals surface area contributed by atoms with E-state index in [1.54, 1.807) is 42.3 Å². The lowest BCUT2D eigenvalue weighted by Crippen LogP contribution is -2.20. The maximum Gasteiger partial charge on any atom is 0.241 e.